The van der Waals surface area contributed by atoms with E-state index in [4.69, 9.17) is 0 Å². The number of hydrogen-bond acceptors (Lipinski definition) is 4. The number of carbonyl (C=O) groups is 2. The Balaban J connectivity index is 2.23. The summed E-state index contributed by atoms with van der Waals surface area (Å²) in [4.78, 5) is 25.9. The van der Waals surface area contributed by atoms with Gasteiger partial charge in [0.25, 0.3) is 0 Å². The molecule has 1 aliphatic carbocycles. The molecule has 0 aromatic heterocycles. The Morgan fingerprint density at radius 2 is 1.30 bits per heavy atom. The first kappa shape index (κ1) is 15.3. The predicted octanol–water partition coefficient (Wildman–Crippen LogP) is 3.72. The normalized spacial score (nSPS) is 12.6. The van der Waals surface area contributed by atoms with Crippen LogP contribution in [0, 0.1) is 0 Å². The first-order chi connectivity index (χ1) is 11.2. The van der Waals surface area contributed by atoms with Gasteiger partial charge in [-0.2, -0.15) is 0 Å². The monoisotopic (exact) mass is 308 g/mol. The largest absolute Gasteiger partial charge is 0.385 e. The van der Waals surface area contributed by atoms with E-state index in [-0.39, 0.29) is 11.6 Å². The maximum Gasteiger partial charge on any atom is 0.196 e. The highest BCUT2D eigenvalue weighted by Crippen LogP contribution is 2.36. The lowest BCUT2D eigenvalue weighted by atomic mass is 9.82. The summed E-state index contributed by atoms with van der Waals surface area (Å²) >= 11 is 0. The number of rotatable bonds is 5. The second-order valence-electron chi connectivity index (χ2n) is 5.57. The number of carbonyl (C=O) groups excluding carboxylic acids is 2. The molecule has 1 aliphatic rings. The average Bonchev–Trinajstić information content (AvgIpc) is 2.58. The quantitative estimate of drug-likeness (QED) is 0.754. The highest BCUT2D eigenvalue weighted by atomic mass is 16.1. The minimum Gasteiger partial charge on any atom is -0.385 e. The van der Waals surface area contributed by atoms with Crippen LogP contribution in [0.3, 0.4) is 0 Å². The zero-order chi connectivity index (χ0) is 16.4. The maximum absolute atomic E-state index is 13.0. The van der Waals surface area contributed by atoms with E-state index in [1.807, 2.05) is 19.1 Å². The SMILES string of the molecule is CCCNc1ccc(NCC)c2c1C(=O)c1ccccc1C2=O. The number of nitrogens with one attached hydrogen (secondary N) is 2. The summed E-state index contributed by atoms with van der Waals surface area (Å²) in [5.41, 5.74) is 3.39. The minimum absolute atomic E-state index is 0.0893. The lowest BCUT2D eigenvalue weighted by Crippen LogP contribution is -2.24. The van der Waals surface area contributed by atoms with Crippen LogP contribution < -0.4 is 10.6 Å². The van der Waals surface area contributed by atoms with Gasteiger partial charge in [0.05, 0.1) is 11.1 Å². The summed E-state index contributed by atoms with van der Waals surface area (Å²) in [5, 5.41) is 6.47. The Labute approximate surface area is 135 Å². The molecule has 0 bridgehead atoms. The van der Waals surface area contributed by atoms with Crippen molar-refractivity contribution < 1.29 is 9.59 Å². The molecule has 4 nitrogen and oxygen atoms in total. The van der Waals surface area contributed by atoms with Crippen LogP contribution >= 0.6 is 0 Å². The molecular formula is C19H20N2O2. The summed E-state index contributed by atoms with van der Waals surface area (Å²) in [6, 6.07) is 10.8. The van der Waals surface area contributed by atoms with E-state index in [0.29, 0.717) is 28.8 Å². The van der Waals surface area contributed by atoms with Crippen molar-refractivity contribution in [3.05, 3.63) is 58.7 Å². The summed E-state index contributed by atoms with van der Waals surface area (Å²) < 4.78 is 0. The second-order valence-corrected chi connectivity index (χ2v) is 5.57. The molecule has 118 valence electrons. The van der Waals surface area contributed by atoms with Gasteiger partial charge < -0.3 is 10.6 Å². The number of hydrogen-bond donors (Lipinski definition) is 2. The minimum atomic E-state index is -0.0914. The summed E-state index contributed by atoms with van der Waals surface area (Å²) in [6.07, 6.45) is 0.947. The molecule has 0 atom stereocenters. The van der Waals surface area contributed by atoms with E-state index in [0.717, 1.165) is 24.3 Å². The van der Waals surface area contributed by atoms with Crippen molar-refractivity contribution in [1.82, 2.24) is 0 Å². The molecule has 0 aliphatic heterocycles. The van der Waals surface area contributed by atoms with Crippen LogP contribution in [0.1, 0.15) is 52.1 Å². The Morgan fingerprint density at radius 3 is 1.78 bits per heavy atom. The molecule has 0 heterocycles. The second kappa shape index (κ2) is 6.24. The first-order valence-electron chi connectivity index (χ1n) is 8.02. The third-order valence-electron chi connectivity index (χ3n) is 4.01. The van der Waals surface area contributed by atoms with E-state index in [1.165, 1.54) is 0 Å². The topological polar surface area (TPSA) is 58.2 Å². The van der Waals surface area contributed by atoms with E-state index in [2.05, 4.69) is 17.6 Å². The molecule has 3 rings (SSSR count). The molecule has 0 radical (unpaired) electrons. The molecular weight excluding hydrogens is 288 g/mol. The average molecular weight is 308 g/mol. The van der Waals surface area contributed by atoms with Gasteiger partial charge in [-0.1, -0.05) is 31.2 Å². The highest BCUT2D eigenvalue weighted by Gasteiger charge is 2.33. The lowest BCUT2D eigenvalue weighted by molar-refractivity contribution is 0.0980. The molecule has 0 spiro atoms. The van der Waals surface area contributed by atoms with Gasteiger partial charge >= 0.3 is 0 Å². The third kappa shape index (κ3) is 2.50. The molecule has 0 saturated heterocycles. The Kier molecular flexibility index (Phi) is 4.15. The standard InChI is InChI=1S/C19H20N2O2/c1-3-11-21-15-10-9-14(20-4-2)16-17(15)19(23)13-8-6-5-7-12(13)18(16)22/h5-10,20-21H,3-4,11H2,1-2H3. The number of anilines is 2. The van der Waals surface area contributed by atoms with Crippen molar-refractivity contribution in [3.8, 4) is 0 Å². The van der Waals surface area contributed by atoms with Crippen molar-refractivity contribution in [2.24, 2.45) is 0 Å². The zero-order valence-electron chi connectivity index (χ0n) is 13.4. The maximum atomic E-state index is 13.0. The van der Waals surface area contributed by atoms with Crippen molar-refractivity contribution in [1.29, 1.82) is 0 Å². The highest BCUT2D eigenvalue weighted by molar-refractivity contribution is 6.31. The summed E-state index contributed by atoms with van der Waals surface area (Å²) in [6.45, 7) is 5.49. The van der Waals surface area contributed by atoms with E-state index >= 15 is 0 Å². The molecule has 2 N–H and O–H groups in total. The number of ketones is 2. The number of fused-ring (bicyclic) bond motifs is 2. The van der Waals surface area contributed by atoms with Crippen LogP contribution in [0.4, 0.5) is 11.4 Å². The van der Waals surface area contributed by atoms with Gasteiger partial charge in [-0.25, -0.2) is 0 Å². The fourth-order valence-corrected chi connectivity index (χ4v) is 2.97. The summed E-state index contributed by atoms with van der Waals surface area (Å²) in [7, 11) is 0. The Hall–Kier alpha value is -2.62. The van der Waals surface area contributed by atoms with E-state index in [9.17, 15) is 9.59 Å². The van der Waals surface area contributed by atoms with Gasteiger partial charge in [-0.3, -0.25) is 9.59 Å². The summed E-state index contributed by atoms with van der Waals surface area (Å²) in [5.74, 6) is -0.181. The zero-order valence-corrected chi connectivity index (χ0v) is 13.4. The Bertz CT molecular complexity index is 781. The van der Waals surface area contributed by atoms with Crippen molar-refractivity contribution in [2.75, 3.05) is 23.7 Å². The third-order valence-corrected chi connectivity index (χ3v) is 4.01. The number of benzene rings is 2. The van der Waals surface area contributed by atoms with Gasteiger partial charge in [0.15, 0.2) is 11.6 Å². The molecule has 4 heteroatoms. The van der Waals surface area contributed by atoms with E-state index in [1.54, 1.807) is 24.3 Å². The predicted molar refractivity (Wildman–Crippen MR) is 92.7 cm³/mol. The van der Waals surface area contributed by atoms with Crippen LogP contribution in [0.15, 0.2) is 36.4 Å². The van der Waals surface area contributed by atoms with Crippen LogP contribution in [-0.4, -0.2) is 24.7 Å². The van der Waals surface area contributed by atoms with Crippen molar-refractivity contribution in [2.45, 2.75) is 20.3 Å². The first-order valence-corrected chi connectivity index (χ1v) is 8.02. The smallest absolute Gasteiger partial charge is 0.196 e. The fourth-order valence-electron chi connectivity index (χ4n) is 2.97. The van der Waals surface area contributed by atoms with E-state index < -0.39 is 0 Å². The fraction of sp³-hybridized carbons (Fsp3) is 0.263. The molecule has 0 saturated carbocycles. The van der Waals surface area contributed by atoms with Gasteiger partial charge in [-0.05, 0) is 25.5 Å². The molecule has 0 fully saturated rings. The lowest BCUT2D eigenvalue weighted by Gasteiger charge is -2.23. The van der Waals surface area contributed by atoms with Gasteiger partial charge in [0.2, 0.25) is 0 Å². The molecule has 2 aromatic carbocycles. The van der Waals surface area contributed by atoms with Crippen LogP contribution in [0.5, 0.6) is 0 Å². The van der Waals surface area contributed by atoms with Gasteiger partial charge in [-0.15, -0.1) is 0 Å². The molecule has 2 aromatic rings. The molecule has 0 amide bonds. The molecule has 23 heavy (non-hydrogen) atoms. The van der Waals surface area contributed by atoms with Crippen LogP contribution in [0.2, 0.25) is 0 Å². The Morgan fingerprint density at radius 1 is 0.783 bits per heavy atom. The van der Waals surface area contributed by atoms with Gasteiger partial charge in [0, 0.05) is 35.6 Å². The van der Waals surface area contributed by atoms with Gasteiger partial charge in [0.1, 0.15) is 0 Å². The van der Waals surface area contributed by atoms with Crippen LogP contribution in [-0.2, 0) is 0 Å². The van der Waals surface area contributed by atoms with Crippen molar-refractivity contribution >= 4 is 22.9 Å². The van der Waals surface area contributed by atoms with Crippen molar-refractivity contribution in [3.63, 3.8) is 0 Å². The molecule has 0 unspecified atom stereocenters. The van der Waals surface area contributed by atoms with Crippen LogP contribution in [0.25, 0.3) is 0 Å².